The van der Waals surface area contributed by atoms with Gasteiger partial charge in [0.05, 0.1) is 19.9 Å². The molecule has 1 fully saturated rings. The average Bonchev–Trinajstić information content (AvgIpc) is 2.61. The predicted molar refractivity (Wildman–Crippen MR) is 89.2 cm³/mol. The Morgan fingerprint density at radius 1 is 1.29 bits per heavy atom. The highest BCUT2D eigenvalue weighted by Gasteiger charge is 2.30. The highest BCUT2D eigenvalue weighted by Crippen LogP contribution is 2.29. The fraction of sp³-hybridized carbons (Fsp3) is 0.529. The van der Waals surface area contributed by atoms with E-state index in [1.54, 1.807) is 23.1 Å². The number of hydrogen-bond acceptors (Lipinski definition) is 5. The maximum atomic E-state index is 12.5. The van der Waals surface area contributed by atoms with Crippen LogP contribution in [-0.2, 0) is 9.59 Å². The van der Waals surface area contributed by atoms with Crippen molar-refractivity contribution >= 4 is 17.5 Å². The van der Waals surface area contributed by atoms with Gasteiger partial charge in [0.25, 0.3) is 0 Å². The summed E-state index contributed by atoms with van der Waals surface area (Å²) in [7, 11) is 3.01. The molecule has 2 amide bonds. The Kier molecular flexibility index (Phi) is 6.43. The SMILES string of the molecule is COc1ccc(OC)c(NC(=O)C(=O)N2CCCCC2CCO)c1. The molecule has 0 bridgehead atoms. The number of hydrogen-bond donors (Lipinski definition) is 2. The van der Waals surface area contributed by atoms with Gasteiger partial charge >= 0.3 is 11.8 Å². The van der Waals surface area contributed by atoms with Gasteiger partial charge in [0, 0.05) is 25.3 Å². The summed E-state index contributed by atoms with van der Waals surface area (Å²) in [5, 5.41) is 11.7. The molecule has 0 aromatic heterocycles. The van der Waals surface area contributed by atoms with E-state index in [-0.39, 0.29) is 12.6 Å². The Morgan fingerprint density at radius 2 is 2.08 bits per heavy atom. The van der Waals surface area contributed by atoms with E-state index in [0.717, 1.165) is 19.3 Å². The predicted octanol–water partition coefficient (Wildman–Crippen LogP) is 1.41. The average molecular weight is 336 g/mol. The molecule has 1 aromatic rings. The zero-order chi connectivity index (χ0) is 17.5. The second-order valence-electron chi connectivity index (χ2n) is 5.68. The minimum absolute atomic E-state index is 0.000226. The standard InChI is InChI=1S/C17H24N2O5/c1-23-13-6-7-15(24-2)14(11-13)18-16(21)17(22)19-9-4-3-5-12(19)8-10-20/h6-7,11-12,20H,3-5,8-10H2,1-2H3,(H,18,21). The zero-order valence-corrected chi connectivity index (χ0v) is 14.1. The molecular formula is C17H24N2O5. The number of carbonyl (C=O) groups is 2. The summed E-state index contributed by atoms with van der Waals surface area (Å²) in [5.41, 5.74) is 0.380. The molecule has 1 aromatic carbocycles. The number of nitrogens with one attached hydrogen (secondary N) is 1. The first kappa shape index (κ1) is 18.1. The number of amides is 2. The van der Waals surface area contributed by atoms with E-state index in [0.29, 0.717) is 30.2 Å². The van der Waals surface area contributed by atoms with E-state index in [1.807, 2.05) is 0 Å². The molecule has 1 atom stereocenters. The molecule has 0 radical (unpaired) electrons. The van der Waals surface area contributed by atoms with Gasteiger partial charge in [-0.05, 0) is 37.8 Å². The Morgan fingerprint density at radius 3 is 2.75 bits per heavy atom. The summed E-state index contributed by atoms with van der Waals surface area (Å²) in [4.78, 5) is 26.4. The van der Waals surface area contributed by atoms with E-state index < -0.39 is 11.8 Å². The third-order valence-corrected chi connectivity index (χ3v) is 4.20. The number of nitrogens with zero attached hydrogens (tertiary/aromatic N) is 1. The molecule has 24 heavy (non-hydrogen) atoms. The zero-order valence-electron chi connectivity index (χ0n) is 14.1. The Balaban J connectivity index is 2.12. The number of anilines is 1. The molecule has 1 aliphatic heterocycles. The highest BCUT2D eigenvalue weighted by molar-refractivity contribution is 6.39. The second kappa shape index (κ2) is 8.54. The molecule has 7 heteroatoms. The lowest BCUT2D eigenvalue weighted by Gasteiger charge is -2.35. The number of likely N-dealkylation sites (tertiary alicyclic amines) is 1. The first-order valence-corrected chi connectivity index (χ1v) is 8.05. The summed E-state index contributed by atoms with van der Waals surface area (Å²) in [6, 6.07) is 4.88. The summed E-state index contributed by atoms with van der Waals surface area (Å²) >= 11 is 0. The fourth-order valence-corrected chi connectivity index (χ4v) is 2.94. The van der Waals surface area contributed by atoms with E-state index in [9.17, 15) is 9.59 Å². The number of piperidine rings is 1. The topological polar surface area (TPSA) is 88.1 Å². The minimum Gasteiger partial charge on any atom is -0.497 e. The molecule has 2 N–H and O–H groups in total. The molecule has 132 valence electrons. The summed E-state index contributed by atoms with van der Waals surface area (Å²) in [5.74, 6) is -0.304. The smallest absolute Gasteiger partial charge is 0.314 e. The Bertz CT molecular complexity index is 588. The molecule has 1 unspecified atom stereocenters. The molecular weight excluding hydrogens is 312 g/mol. The van der Waals surface area contributed by atoms with Crippen molar-refractivity contribution < 1.29 is 24.2 Å². The van der Waals surface area contributed by atoms with Gasteiger partial charge in [0.1, 0.15) is 11.5 Å². The van der Waals surface area contributed by atoms with Crippen LogP contribution in [0.3, 0.4) is 0 Å². The van der Waals surface area contributed by atoms with Gasteiger partial charge in [-0.2, -0.15) is 0 Å². The van der Waals surface area contributed by atoms with Crippen molar-refractivity contribution in [2.24, 2.45) is 0 Å². The normalized spacial score (nSPS) is 17.3. The molecule has 0 spiro atoms. The van der Waals surface area contributed by atoms with Crippen molar-refractivity contribution in [2.45, 2.75) is 31.7 Å². The van der Waals surface area contributed by atoms with Crippen LogP contribution in [0, 0.1) is 0 Å². The quantitative estimate of drug-likeness (QED) is 0.794. The van der Waals surface area contributed by atoms with Gasteiger partial charge < -0.3 is 24.8 Å². The van der Waals surface area contributed by atoms with Gasteiger partial charge in [-0.1, -0.05) is 0 Å². The van der Waals surface area contributed by atoms with E-state index >= 15 is 0 Å². The molecule has 0 saturated carbocycles. The third-order valence-electron chi connectivity index (χ3n) is 4.20. The maximum absolute atomic E-state index is 12.5. The lowest BCUT2D eigenvalue weighted by Crippen LogP contribution is -2.48. The summed E-state index contributed by atoms with van der Waals surface area (Å²) < 4.78 is 10.3. The van der Waals surface area contributed by atoms with Crippen molar-refractivity contribution in [1.29, 1.82) is 0 Å². The van der Waals surface area contributed by atoms with E-state index in [1.165, 1.54) is 14.2 Å². The Hall–Kier alpha value is -2.28. The van der Waals surface area contributed by atoms with Gasteiger partial charge in [-0.15, -0.1) is 0 Å². The van der Waals surface area contributed by atoms with Crippen molar-refractivity contribution in [3.8, 4) is 11.5 Å². The van der Waals surface area contributed by atoms with Crippen LogP contribution < -0.4 is 14.8 Å². The summed E-state index contributed by atoms with van der Waals surface area (Å²) in [6.45, 7) is 0.534. The third kappa shape index (κ3) is 4.17. The van der Waals surface area contributed by atoms with E-state index in [2.05, 4.69) is 5.32 Å². The van der Waals surface area contributed by atoms with E-state index in [4.69, 9.17) is 14.6 Å². The van der Waals surface area contributed by atoms with Gasteiger partial charge in [0.2, 0.25) is 0 Å². The van der Waals surface area contributed by atoms with Gasteiger partial charge in [0.15, 0.2) is 0 Å². The number of ether oxygens (including phenoxy) is 2. The number of carbonyl (C=O) groups excluding carboxylic acids is 2. The maximum Gasteiger partial charge on any atom is 0.314 e. The first-order chi connectivity index (χ1) is 11.6. The largest absolute Gasteiger partial charge is 0.497 e. The summed E-state index contributed by atoms with van der Waals surface area (Å²) in [6.07, 6.45) is 3.16. The second-order valence-corrected chi connectivity index (χ2v) is 5.68. The molecule has 1 saturated heterocycles. The molecule has 2 rings (SSSR count). The van der Waals surface area contributed by atoms with Crippen LogP contribution in [-0.4, -0.2) is 55.2 Å². The van der Waals surface area contributed by atoms with Gasteiger partial charge in [-0.3, -0.25) is 9.59 Å². The lowest BCUT2D eigenvalue weighted by molar-refractivity contribution is -0.146. The fourth-order valence-electron chi connectivity index (χ4n) is 2.94. The van der Waals surface area contributed by atoms with Crippen molar-refractivity contribution in [3.63, 3.8) is 0 Å². The highest BCUT2D eigenvalue weighted by atomic mass is 16.5. The number of aliphatic hydroxyl groups excluding tert-OH is 1. The van der Waals surface area contributed by atoms with Gasteiger partial charge in [-0.25, -0.2) is 0 Å². The molecule has 7 nitrogen and oxygen atoms in total. The lowest BCUT2D eigenvalue weighted by atomic mass is 9.99. The number of rotatable bonds is 5. The molecule has 0 aliphatic carbocycles. The van der Waals surface area contributed by atoms with Crippen LogP contribution in [0.5, 0.6) is 11.5 Å². The van der Waals surface area contributed by atoms with Crippen LogP contribution in [0.25, 0.3) is 0 Å². The number of aliphatic hydroxyl groups is 1. The monoisotopic (exact) mass is 336 g/mol. The van der Waals surface area contributed by atoms with Crippen LogP contribution in [0.15, 0.2) is 18.2 Å². The van der Waals surface area contributed by atoms with Crippen molar-refractivity contribution in [3.05, 3.63) is 18.2 Å². The Labute approximate surface area is 141 Å². The molecule has 1 heterocycles. The van der Waals surface area contributed by atoms with Crippen LogP contribution in [0.1, 0.15) is 25.7 Å². The van der Waals surface area contributed by atoms with Crippen molar-refractivity contribution in [1.82, 2.24) is 4.90 Å². The molecule has 1 aliphatic rings. The number of benzene rings is 1. The van der Waals surface area contributed by atoms with Crippen LogP contribution in [0.4, 0.5) is 5.69 Å². The minimum atomic E-state index is -0.716. The van der Waals surface area contributed by atoms with Crippen molar-refractivity contribution in [2.75, 3.05) is 32.7 Å². The van der Waals surface area contributed by atoms with Crippen LogP contribution in [0.2, 0.25) is 0 Å². The first-order valence-electron chi connectivity index (χ1n) is 8.05. The number of methoxy groups -OCH3 is 2. The van der Waals surface area contributed by atoms with Crippen LogP contribution >= 0.6 is 0 Å².